The lowest BCUT2D eigenvalue weighted by molar-refractivity contribution is -0.160. The van der Waals surface area contributed by atoms with Crippen LogP contribution in [-0.2, 0) is 19.1 Å². The number of esters is 2. The van der Waals surface area contributed by atoms with Crippen LogP contribution in [0.1, 0.15) is 104 Å². The van der Waals surface area contributed by atoms with E-state index in [9.17, 15) is 9.59 Å². The summed E-state index contributed by atoms with van der Waals surface area (Å²) in [5.41, 5.74) is 0. The van der Waals surface area contributed by atoms with Gasteiger partial charge in [-0.2, -0.15) is 0 Å². The third-order valence-corrected chi connectivity index (χ3v) is 4.46. The highest BCUT2D eigenvalue weighted by Crippen LogP contribution is 2.13. The van der Waals surface area contributed by atoms with Gasteiger partial charge in [0.2, 0.25) is 0 Å². The maximum atomic E-state index is 11.7. The molecule has 0 aliphatic rings. The van der Waals surface area contributed by atoms with Gasteiger partial charge in [0.1, 0.15) is 6.61 Å². The first-order chi connectivity index (χ1) is 12.6. The summed E-state index contributed by atoms with van der Waals surface area (Å²) >= 11 is 0. The molecule has 1 N–H and O–H groups in total. The largest absolute Gasteiger partial charge is 0.462 e. The molecule has 0 aliphatic heterocycles. The van der Waals surface area contributed by atoms with Crippen LogP contribution in [-0.4, -0.2) is 36.4 Å². The van der Waals surface area contributed by atoms with E-state index >= 15 is 0 Å². The van der Waals surface area contributed by atoms with Crippen molar-refractivity contribution in [2.24, 2.45) is 0 Å². The Balaban J connectivity index is 3.38. The number of aliphatic hydroxyl groups is 1. The van der Waals surface area contributed by atoms with Crippen LogP contribution in [0.3, 0.4) is 0 Å². The summed E-state index contributed by atoms with van der Waals surface area (Å²) in [7, 11) is 0. The maximum Gasteiger partial charge on any atom is 0.306 e. The summed E-state index contributed by atoms with van der Waals surface area (Å²) < 4.78 is 9.83. The van der Waals surface area contributed by atoms with Crippen molar-refractivity contribution in [1.29, 1.82) is 0 Å². The summed E-state index contributed by atoms with van der Waals surface area (Å²) in [5, 5.41) is 9.10. The van der Waals surface area contributed by atoms with E-state index in [0.29, 0.717) is 6.42 Å². The van der Waals surface area contributed by atoms with Gasteiger partial charge in [0, 0.05) is 13.3 Å². The number of hydrogen-bond acceptors (Lipinski definition) is 5. The highest BCUT2D eigenvalue weighted by molar-refractivity contribution is 5.69. The lowest BCUT2D eigenvalue weighted by Gasteiger charge is -2.15. The minimum atomic E-state index is -0.756. The van der Waals surface area contributed by atoms with Crippen molar-refractivity contribution in [2.75, 3.05) is 13.2 Å². The second kappa shape index (κ2) is 18.7. The molecular weight excluding hydrogens is 332 g/mol. The molecule has 26 heavy (non-hydrogen) atoms. The fourth-order valence-corrected chi connectivity index (χ4v) is 2.87. The van der Waals surface area contributed by atoms with E-state index < -0.39 is 12.1 Å². The molecule has 0 heterocycles. The van der Waals surface area contributed by atoms with Gasteiger partial charge in [0.05, 0.1) is 6.61 Å². The SMILES string of the molecule is CCCCCCCCCCCCCCCC(=O)OC(CO)COC(C)=O. The normalized spacial score (nSPS) is 12.0. The van der Waals surface area contributed by atoms with Gasteiger partial charge in [-0.25, -0.2) is 0 Å². The monoisotopic (exact) mass is 372 g/mol. The molecule has 0 aromatic carbocycles. The van der Waals surface area contributed by atoms with Gasteiger partial charge in [-0.15, -0.1) is 0 Å². The van der Waals surface area contributed by atoms with Crippen LogP contribution in [0, 0.1) is 0 Å². The Hall–Kier alpha value is -1.10. The van der Waals surface area contributed by atoms with Crippen molar-refractivity contribution < 1.29 is 24.2 Å². The number of aliphatic hydroxyl groups excluding tert-OH is 1. The summed E-state index contributed by atoms with van der Waals surface area (Å²) in [4.78, 5) is 22.4. The molecule has 0 saturated carbocycles. The molecule has 154 valence electrons. The molecule has 0 radical (unpaired) electrons. The molecule has 0 amide bonds. The van der Waals surface area contributed by atoms with Crippen LogP contribution in [0.5, 0.6) is 0 Å². The number of unbranched alkanes of at least 4 members (excludes halogenated alkanes) is 12. The Labute approximate surface area is 159 Å². The molecule has 1 atom stereocenters. The third-order valence-electron chi connectivity index (χ3n) is 4.46. The summed E-state index contributed by atoms with van der Waals surface area (Å²) in [6.07, 6.45) is 16.0. The first kappa shape index (κ1) is 24.9. The quantitative estimate of drug-likeness (QED) is 0.273. The molecule has 1 unspecified atom stereocenters. The summed E-state index contributed by atoms with van der Waals surface area (Å²) in [5.74, 6) is -0.782. The third kappa shape index (κ3) is 17.7. The fraction of sp³-hybridized carbons (Fsp3) is 0.905. The van der Waals surface area contributed by atoms with Gasteiger partial charge in [-0.1, -0.05) is 84.0 Å². The average Bonchev–Trinajstić information content (AvgIpc) is 2.62. The van der Waals surface area contributed by atoms with Gasteiger partial charge >= 0.3 is 11.9 Å². The van der Waals surface area contributed by atoms with Crippen LogP contribution in [0.4, 0.5) is 0 Å². The molecule has 0 aliphatic carbocycles. The van der Waals surface area contributed by atoms with Crippen LogP contribution in [0.15, 0.2) is 0 Å². The van der Waals surface area contributed by atoms with Crippen LogP contribution in [0.25, 0.3) is 0 Å². The molecule has 0 aromatic rings. The average molecular weight is 373 g/mol. The molecular formula is C21H40O5. The van der Waals surface area contributed by atoms with E-state index in [0.717, 1.165) is 19.3 Å². The molecule has 0 bridgehead atoms. The molecule has 0 saturated heterocycles. The molecule has 5 heteroatoms. The van der Waals surface area contributed by atoms with E-state index in [1.165, 1.54) is 71.1 Å². The Morgan fingerprint density at radius 1 is 0.808 bits per heavy atom. The van der Waals surface area contributed by atoms with Gasteiger partial charge in [0.15, 0.2) is 6.10 Å². The highest BCUT2D eigenvalue weighted by atomic mass is 16.6. The van der Waals surface area contributed by atoms with Crippen LogP contribution >= 0.6 is 0 Å². The van der Waals surface area contributed by atoms with Crippen molar-refractivity contribution in [3.05, 3.63) is 0 Å². The predicted octanol–water partition coefficient (Wildman–Crippen LogP) is 4.93. The van der Waals surface area contributed by atoms with Crippen molar-refractivity contribution in [3.8, 4) is 0 Å². The standard InChI is InChI=1S/C21H40O5/c1-3-4-5-6-7-8-9-10-11-12-13-14-15-16-21(24)26-20(17-22)18-25-19(2)23/h20,22H,3-18H2,1-2H3. The molecule has 0 fully saturated rings. The number of ether oxygens (including phenoxy) is 2. The Morgan fingerprint density at radius 3 is 1.69 bits per heavy atom. The zero-order chi connectivity index (χ0) is 19.5. The Morgan fingerprint density at radius 2 is 1.27 bits per heavy atom. The Kier molecular flexibility index (Phi) is 17.9. The first-order valence-electron chi connectivity index (χ1n) is 10.5. The van der Waals surface area contributed by atoms with Crippen molar-refractivity contribution >= 4 is 11.9 Å². The first-order valence-corrected chi connectivity index (χ1v) is 10.5. The zero-order valence-electron chi connectivity index (χ0n) is 17.0. The smallest absolute Gasteiger partial charge is 0.306 e. The summed E-state index contributed by atoms with van der Waals surface area (Å²) in [6, 6.07) is 0. The van der Waals surface area contributed by atoms with Crippen molar-refractivity contribution in [2.45, 2.75) is 110 Å². The fourth-order valence-electron chi connectivity index (χ4n) is 2.87. The molecule has 5 nitrogen and oxygen atoms in total. The minimum Gasteiger partial charge on any atom is -0.462 e. The lowest BCUT2D eigenvalue weighted by atomic mass is 10.0. The van der Waals surface area contributed by atoms with E-state index in [-0.39, 0.29) is 19.2 Å². The second-order valence-electron chi connectivity index (χ2n) is 7.09. The number of carbonyl (C=O) groups excluding carboxylic acids is 2. The predicted molar refractivity (Wildman–Crippen MR) is 104 cm³/mol. The number of hydrogen-bond donors (Lipinski definition) is 1. The highest BCUT2D eigenvalue weighted by Gasteiger charge is 2.14. The van der Waals surface area contributed by atoms with Gasteiger partial charge in [-0.3, -0.25) is 9.59 Å². The van der Waals surface area contributed by atoms with E-state index in [1.54, 1.807) is 0 Å². The van der Waals surface area contributed by atoms with Gasteiger partial charge < -0.3 is 14.6 Å². The van der Waals surface area contributed by atoms with E-state index in [2.05, 4.69) is 6.92 Å². The van der Waals surface area contributed by atoms with Gasteiger partial charge in [0.25, 0.3) is 0 Å². The topological polar surface area (TPSA) is 72.8 Å². The van der Waals surface area contributed by atoms with Gasteiger partial charge in [-0.05, 0) is 6.42 Å². The minimum absolute atomic E-state index is 0.0871. The van der Waals surface area contributed by atoms with E-state index in [4.69, 9.17) is 14.6 Å². The lowest BCUT2D eigenvalue weighted by Crippen LogP contribution is -2.28. The number of rotatable bonds is 18. The van der Waals surface area contributed by atoms with E-state index in [1.807, 2.05) is 0 Å². The zero-order valence-corrected chi connectivity index (χ0v) is 17.0. The molecule has 0 aromatic heterocycles. The summed E-state index contributed by atoms with van der Waals surface area (Å²) in [6.45, 7) is 3.11. The maximum absolute atomic E-state index is 11.7. The van der Waals surface area contributed by atoms with Crippen molar-refractivity contribution in [3.63, 3.8) is 0 Å². The Bertz CT molecular complexity index is 343. The molecule has 0 spiro atoms. The van der Waals surface area contributed by atoms with Crippen molar-refractivity contribution in [1.82, 2.24) is 0 Å². The molecule has 0 rings (SSSR count). The van der Waals surface area contributed by atoms with Crippen LogP contribution < -0.4 is 0 Å². The van der Waals surface area contributed by atoms with Crippen LogP contribution in [0.2, 0.25) is 0 Å². The number of carbonyl (C=O) groups is 2. The second-order valence-corrected chi connectivity index (χ2v) is 7.09.